The monoisotopic (exact) mass is 458 g/mol. The third-order valence-corrected chi connectivity index (χ3v) is 12.0. The van der Waals surface area contributed by atoms with Gasteiger partial charge in [-0.05, 0) is 97.5 Å². The fourth-order valence-electron chi connectivity index (χ4n) is 9.36. The number of aliphatic hydroxyl groups excluding tert-OH is 1. The number of carbonyl (C=O) groups excluding carboxylic acids is 1. The van der Waals surface area contributed by atoms with Crippen LogP contribution in [0, 0.1) is 46.3 Å². The molecule has 0 radical (unpaired) electrons. The summed E-state index contributed by atoms with van der Waals surface area (Å²) in [6, 6.07) is 0. The van der Waals surface area contributed by atoms with Gasteiger partial charge in [0, 0.05) is 11.8 Å². The Kier molecular flexibility index (Phi) is 5.56. The molecule has 0 aromatic heterocycles. The Morgan fingerprint density at radius 3 is 2.33 bits per heavy atom. The Hall–Kier alpha value is -0.710. The summed E-state index contributed by atoms with van der Waals surface area (Å²) < 4.78 is 0. The Labute approximate surface area is 200 Å². The minimum Gasteiger partial charge on any atom is -0.393 e. The van der Waals surface area contributed by atoms with E-state index in [4.69, 9.17) is 0 Å². The van der Waals surface area contributed by atoms with Crippen LogP contribution in [0.2, 0.25) is 0 Å². The zero-order valence-corrected chi connectivity index (χ0v) is 21.4. The highest BCUT2D eigenvalue weighted by atomic mass is 16.3. The summed E-state index contributed by atoms with van der Waals surface area (Å²) in [6.45, 7) is 11.6. The van der Waals surface area contributed by atoms with Gasteiger partial charge in [-0.2, -0.15) is 0 Å². The smallest absolute Gasteiger partial charge is 0.188 e. The first-order valence-corrected chi connectivity index (χ1v) is 13.8. The maximum Gasteiger partial charge on any atom is 0.188 e. The summed E-state index contributed by atoms with van der Waals surface area (Å²) in [5.74, 6) is 3.85. The molecule has 0 saturated heterocycles. The van der Waals surface area contributed by atoms with Gasteiger partial charge < -0.3 is 15.3 Å². The van der Waals surface area contributed by atoms with Crippen molar-refractivity contribution < 1.29 is 20.1 Å². The molecule has 5 aliphatic rings. The molecule has 4 fully saturated rings. The van der Waals surface area contributed by atoms with E-state index in [1.807, 2.05) is 6.92 Å². The highest BCUT2D eigenvalue weighted by molar-refractivity contribution is 6.00. The summed E-state index contributed by atoms with van der Waals surface area (Å²) in [7, 11) is 0. The van der Waals surface area contributed by atoms with Crippen molar-refractivity contribution in [2.24, 2.45) is 46.3 Å². The average Bonchev–Trinajstić information content (AvgIpc) is 3.39. The van der Waals surface area contributed by atoms with Crippen LogP contribution in [0.15, 0.2) is 11.6 Å². The lowest BCUT2D eigenvalue weighted by Crippen LogP contribution is -2.71. The summed E-state index contributed by atoms with van der Waals surface area (Å²) in [5.41, 5.74) is -2.75. The summed E-state index contributed by atoms with van der Waals surface area (Å²) in [6.07, 6.45) is 9.70. The van der Waals surface area contributed by atoms with E-state index in [1.165, 1.54) is 19.3 Å². The molecule has 0 aromatic carbocycles. The number of hydrogen-bond donors (Lipinski definition) is 3. The van der Waals surface area contributed by atoms with Crippen LogP contribution in [0.5, 0.6) is 0 Å². The maximum atomic E-state index is 13.3. The van der Waals surface area contributed by atoms with Crippen LogP contribution in [0.25, 0.3) is 0 Å². The van der Waals surface area contributed by atoms with Crippen molar-refractivity contribution in [1.29, 1.82) is 0 Å². The minimum absolute atomic E-state index is 0.0355. The first-order valence-electron chi connectivity index (χ1n) is 13.8. The van der Waals surface area contributed by atoms with Crippen molar-refractivity contribution in [1.82, 2.24) is 0 Å². The predicted molar refractivity (Wildman–Crippen MR) is 129 cm³/mol. The number of ketones is 1. The lowest BCUT2D eigenvalue weighted by molar-refractivity contribution is -0.223. The highest BCUT2D eigenvalue weighted by Gasteiger charge is 2.71. The third-order valence-electron chi connectivity index (χ3n) is 12.0. The largest absolute Gasteiger partial charge is 0.393 e. The zero-order valence-electron chi connectivity index (χ0n) is 21.4. The van der Waals surface area contributed by atoms with Gasteiger partial charge in [0.25, 0.3) is 0 Å². The standard InChI is InChI=1S/C29H46O4/c1-17(21-14-19(21)3)6-7-18(2)22-8-9-23-24-15-25(31)29(33)16-20(30)10-11-27(29,5)28(24,32)13-12-26(22,23)4/h15,17-23,30,32-33H,6-14,16H2,1-5H3/t17-,18-,19-,20+,21+,22?,23?,26-,27-,28-,29+/m1/s1. The van der Waals surface area contributed by atoms with Crippen molar-refractivity contribution in [3.8, 4) is 0 Å². The lowest BCUT2D eigenvalue weighted by Gasteiger charge is -2.63. The Bertz CT molecular complexity index is 851. The molecule has 0 amide bonds. The molecule has 0 bridgehead atoms. The van der Waals surface area contributed by atoms with Gasteiger partial charge >= 0.3 is 0 Å². The molecule has 5 aliphatic carbocycles. The predicted octanol–water partition coefficient (Wildman–Crippen LogP) is 5.04. The van der Waals surface area contributed by atoms with Crippen molar-refractivity contribution in [2.75, 3.05) is 0 Å². The second kappa shape index (κ2) is 7.64. The van der Waals surface area contributed by atoms with Gasteiger partial charge in [-0.1, -0.05) is 47.5 Å². The fraction of sp³-hybridized carbons (Fsp3) is 0.897. The van der Waals surface area contributed by atoms with E-state index in [0.29, 0.717) is 31.1 Å². The van der Waals surface area contributed by atoms with Crippen molar-refractivity contribution in [3.63, 3.8) is 0 Å². The van der Waals surface area contributed by atoms with Gasteiger partial charge in [-0.25, -0.2) is 0 Å². The van der Waals surface area contributed by atoms with Gasteiger partial charge in [0.15, 0.2) is 5.78 Å². The number of aliphatic hydroxyl groups is 3. The second-order valence-electron chi connectivity index (χ2n) is 13.6. The van der Waals surface area contributed by atoms with Crippen LogP contribution >= 0.6 is 0 Å². The van der Waals surface area contributed by atoms with Gasteiger partial charge in [0.1, 0.15) is 5.60 Å². The topological polar surface area (TPSA) is 77.8 Å². The molecule has 4 nitrogen and oxygen atoms in total. The first-order chi connectivity index (χ1) is 15.4. The molecular formula is C29H46O4. The van der Waals surface area contributed by atoms with E-state index in [-0.39, 0.29) is 23.5 Å². The summed E-state index contributed by atoms with van der Waals surface area (Å²) in [4.78, 5) is 13.3. The normalized spacial score (nSPS) is 52.9. The van der Waals surface area contributed by atoms with Crippen LogP contribution < -0.4 is 0 Å². The van der Waals surface area contributed by atoms with Gasteiger partial charge in [0.05, 0.1) is 11.7 Å². The number of carbonyl (C=O) groups is 1. The molecule has 0 spiro atoms. The van der Waals surface area contributed by atoms with Crippen LogP contribution in [0.3, 0.4) is 0 Å². The van der Waals surface area contributed by atoms with Crippen LogP contribution in [0.4, 0.5) is 0 Å². The lowest BCUT2D eigenvalue weighted by atomic mass is 9.43. The van der Waals surface area contributed by atoms with E-state index < -0.39 is 22.7 Å². The molecule has 5 rings (SSSR count). The van der Waals surface area contributed by atoms with E-state index in [1.54, 1.807) is 6.08 Å². The Balaban J connectivity index is 1.39. The second-order valence-corrected chi connectivity index (χ2v) is 13.6. The van der Waals surface area contributed by atoms with Gasteiger partial charge in [-0.3, -0.25) is 4.79 Å². The summed E-state index contributed by atoms with van der Waals surface area (Å²) >= 11 is 0. The maximum absolute atomic E-state index is 13.3. The summed E-state index contributed by atoms with van der Waals surface area (Å²) in [5, 5.41) is 34.0. The van der Waals surface area contributed by atoms with Crippen LogP contribution in [-0.2, 0) is 4.79 Å². The molecule has 0 heterocycles. The van der Waals surface area contributed by atoms with Gasteiger partial charge in [0.2, 0.25) is 0 Å². The molecule has 4 heteroatoms. The minimum atomic E-state index is -1.67. The molecule has 11 atom stereocenters. The van der Waals surface area contributed by atoms with Crippen LogP contribution in [-0.4, -0.2) is 38.4 Å². The van der Waals surface area contributed by atoms with E-state index in [2.05, 4.69) is 27.7 Å². The van der Waals surface area contributed by atoms with Crippen molar-refractivity contribution in [2.45, 2.75) is 116 Å². The first kappa shape index (κ1) is 24.0. The zero-order chi connectivity index (χ0) is 24.0. The van der Waals surface area contributed by atoms with E-state index >= 15 is 0 Å². The van der Waals surface area contributed by atoms with Crippen LogP contribution in [0.1, 0.15) is 98.8 Å². The molecular weight excluding hydrogens is 412 g/mol. The molecule has 0 aliphatic heterocycles. The van der Waals surface area contributed by atoms with Gasteiger partial charge in [-0.15, -0.1) is 0 Å². The van der Waals surface area contributed by atoms with E-state index in [9.17, 15) is 20.1 Å². The number of fused-ring (bicyclic) bond motifs is 5. The quantitative estimate of drug-likeness (QED) is 0.539. The molecule has 4 saturated carbocycles. The van der Waals surface area contributed by atoms with Crippen molar-refractivity contribution in [3.05, 3.63) is 11.6 Å². The number of rotatable bonds is 5. The highest BCUT2D eigenvalue weighted by Crippen LogP contribution is 2.68. The Morgan fingerprint density at radius 2 is 1.67 bits per heavy atom. The molecule has 2 unspecified atom stereocenters. The number of hydrogen-bond acceptors (Lipinski definition) is 4. The molecule has 0 aromatic rings. The molecule has 3 N–H and O–H groups in total. The van der Waals surface area contributed by atoms with E-state index in [0.717, 1.165) is 42.6 Å². The molecule has 186 valence electrons. The van der Waals surface area contributed by atoms with Crippen molar-refractivity contribution >= 4 is 5.78 Å². The Morgan fingerprint density at radius 1 is 1.00 bits per heavy atom. The SMILES string of the molecule is C[C@H](CC[C@@H](C)[C@@H]1C[C@H]1C)C1CCC2C3=CC(=O)[C@@]4(O)C[C@@H](O)CC[C@]4(C)[C@@]3(O)CC[C@@]21C. The average molecular weight is 459 g/mol. The third kappa shape index (κ3) is 3.22. The fourth-order valence-corrected chi connectivity index (χ4v) is 9.36. The molecule has 33 heavy (non-hydrogen) atoms.